The first kappa shape index (κ1) is 15.4. The number of amides is 1. The van der Waals surface area contributed by atoms with E-state index >= 15 is 0 Å². The fraction of sp³-hybridized carbons (Fsp3) is 0.111. The lowest BCUT2D eigenvalue weighted by Gasteiger charge is -2.13. The van der Waals surface area contributed by atoms with Crippen molar-refractivity contribution in [3.63, 3.8) is 0 Å². The molecule has 0 aromatic heterocycles. The number of hydrogen-bond donors (Lipinski definition) is 1. The molecule has 1 N–H and O–H groups in total. The molecule has 0 spiro atoms. The summed E-state index contributed by atoms with van der Waals surface area (Å²) in [5.41, 5.74) is 3.10. The second-order valence-corrected chi connectivity index (χ2v) is 5.59. The summed E-state index contributed by atoms with van der Waals surface area (Å²) in [7, 11) is 0. The molecule has 1 aliphatic rings. The Balaban J connectivity index is 1.88. The third-order valence-corrected chi connectivity index (χ3v) is 3.95. The van der Waals surface area contributed by atoms with E-state index < -0.39 is 0 Å². The molecule has 3 rings (SSSR count). The van der Waals surface area contributed by atoms with Gasteiger partial charge < -0.3 is 5.32 Å². The van der Waals surface area contributed by atoms with Crippen LogP contribution >= 0.6 is 12.2 Å². The molecule has 23 heavy (non-hydrogen) atoms. The van der Waals surface area contributed by atoms with Gasteiger partial charge in [0.25, 0.3) is 5.91 Å². The van der Waals surface area contributed by atoms with Gasteiger partial charge in [-0.1, -0.05) is 31.2 Å². The van der Waals surface area contributed by atoms with Crippen molar-refractivity contribution >= 4 is 35.0 Å². The molecule has 116 valence electrons. The van der Waals surface area contributed by atoms with Crippen molar-refractivity contribution in [3.8, 4) is 0 Å². The van der Waals surface area contributed by atoms with Gasteiger partial charge in [-0.05, 0) is 60.1 Å². The van der Waals surface area contributed by atoms with Gasteiger partial charge in [0.15, 0.2) is 5.11 Å². The molecule has 0 bridgehead atoms. The van der Waals surface area contributed by atoms with Crippen LogP contribution in [0.5, 0.6) is 0 Å². The Bertz CT molecular complexity index is 782. The lowest BCUT2D eigenvalue weighted by Crippen LogP contribution is -2.30. The maximum Gasteiger partial charge on any atom is 0.281 e. The van der Waals surface area contributed by atoms with Gasteiger partial charge in [0.1, 0.15) is 11.5 Å². The van der Waals surface area contributed by atoms with Crippen LogP contribution in [0.1, 0.15) is 18.1 Å². The van der Waals surface area contributed by atoms with Crippen LogP contribution in [0.3, 0.4) is 0 Å². The Morgan fingerprint density at radius 3 is 2.39 bits per heavy atom. The van der Waals surface area contributed by atoms with Crippen LogP contribution in [0.15, 0.2) is 54.2 Å². The van der Waals surface area contributed by atoms with E-state index in [1.165, 1.54) is 34.7 Å². The molecule has 2 aromatic carbocycles. The molecule has 0 saturated carbocycles. The summed E-state index contributed by atoms with van der Waals surface area (Å²) in [5.74, 6) is -0.604. The quantitative estimate of drug-likeness (QED) is 0.690. The van der Waals surface area contributed by atoms with Gasteiger partial charge in [0, 0.05) is 0 Å². The van der Waals surface area contributed by atoms with E-state index in [2.05, 4.69) is 12.2 Å². The van der Waals surface area contributed by atoms with Crippen LogP contribution in [0.4, 0.5) is 10.1 Å². The minimum absolute atomic E-state index is 0.249. The maximum absolute atomic E-state index is 13.0. The highest BCUT2D eigenvalue weighted by molar-refractivity contribution is 7.80. The Kier molecular flexibility index (Phi) is 4.21. The number of anilines is 1. The largest absolute Gasteiger partial charge is 0.327 e. The monoisotopic (exact) mass is 326 g/mol. The molecular formula is C18H15FN2OS. The Morgan fingerprint density at radius 1 is 1.13 bits per heavy atom. The number of aryl methyl sites for hydroxylation is 1. The number of nitrogens with one attached hydrogen (secondary N) is 1. The summed E-state index contributed by atoms with van der Waals surface area (Å²) in [6.07, 6.45) is 2.73. The van der Waals surface area contributed by atoms with Crippen molar-refractivity contribution in [1.29, 1.82) is 0 Å². The molecule has 1 heterocycles. The number of halogens is 1. The molecule has 1 aliphatic heterocycles. The van der Waals surface area contributed by atoms with Crippen LogP contribution in [0, 0.1) is 5.82 Å². The summed E-state index contributed by atoms with van der Waals surface area (Å²) in [6, 6.07) is 13.6. The van der Waals surface area contributed by atoms with Gasteiger partial charge in [-0.25, -0.2) is 4.39 Å². The smallest absolute Gasteiger partial charge is 0.281 e. The fourth-order valence-electron chi connectivity index (χ4n) is 2.38. The summed E-state index contributed by atoms with van der Waals surface area (Å²) < 4.78 is 13.0. The minimum atomic E-state index is -0.356. The zero-order valence-corrected chi connectivity index (χ0v) is 13.4. The molecule has 3 nitrogen and oxygen atoms in total. The van der Waals surface area contributed by atoms with E-state index in [0.717, 1.165) is 12.0 Å². The predicted octanol–water partition coefficient (Wildman–Crippen LogP) is 3.65. The van der Waals surface area contributed by atoms with E-state index in [4.69, 9.17) is 12.2 Å². The highest BCUT2D eigenvalue weighted by Gasteiger charge is 2.31. The average Bonchev–Trinajstić information content (AvgIpc) is 2.83. The summed E-state index contributed by atoms with van der Waals surface area (Å²) >= 11 is 5.22. The van der Waals surface area contributed by atoms with E-state index in [1.54, 1.807) is 6.08 Å². The zero-order chi connectivity index (χ0) is 16.4. The Morgan fingerprint density at radius 2 is 1.78 bits per heavy atom. The van der Waals surface area contributed by atoms with Gasteiger partial charge in [-0.15, -0.1) is 0 Å². The molecule has 0 atom stereocenters. The summed E-state index contributed by atoms with van der Waals surface area (Å²) in [4.78, 5) is 13.9. The number of carbonyl (C=O) groups is 1. The zero-order valence-electron chi connectivity index (χ0n) is 12.5. The first-order valence-electron chi connectivity index (χ1n) is 7.30. The third-order valence-electron chi connectivity index (χ3n) is 3.66. The molecule has 0 unspecified atom stereocenters. The van der Waals surface area contributed by atoms with Crippen molar-refractivity contribution in [1.82, 2.24) is 5.32 Å². The van der Waals surface area contributed by atoms with Crippen molar-refractivity contribution in [2.45, 2.75) is 13.3 Å². The van der Waals surface area contributed by atoms with Gasteiger partial charge in [0.2, 0.25) is 0 Å². The lowest BCUT2D eigenvalue weighted by molar-refractivity contribution is -0.113. The molecule has 1 fully saturated rings. The number of rotatable bonds is 3. The molecule has 2 aromatic rings. The molecule has 5 heteroatoms. The van der Waals surface area contributed by atoms with E-state index in [9.17, 15) is 9.18 Å². The second-order valence-electron chi connectivity index (χ2n) is 5.20. The number of hydrogen-bond acceptors (Lipinski definition) is 2. The Labute approximate surface area is 139 Å². The predicted molar refractivity (Wildman–Crippen MR) is 93.4 cm³/mol. The van der Waals surface area contributed by atoms with Gasteiger partial charge in [-0.3, -0.25) is 9.69 Å². The average molecular weight is 326 g/mol. The van der Waals surface area contributed by atoms with E-state index in [-0.39, 0.29) is 16.8 Å². The number of thiocarbonyl (C=S) groups is 1. The van der Waals surface area contributed by atoms with Crippen molar-refractivity contribution < 1.29 is 9.18 Å². The van der Waals surface area contributed by atoms with Crippen LogP contribution in [-0.2, 0) is 11.2 Å². The van der Waals surface area contributed by atoms with Crippen LogP contribution < -0.4 is 10.2 Å². The standard InChI is InChI=1S/C18H15FN2OS/c1-2-12-3-5-13(6-4-12)11-16-17(22)21(18(23)20-16)15-9-7-14(19)8-10-15/h3-11H,2H2,1H3,(H,20,23)/b16-11+. The number of nitrogens with zero attached hydrogens (tertiary/aromatic N) is 1. The second kappa shape index (κ2) is 6.30. The van der Waals surface area contributed by atoms with Gasteiger partial charge in [0.05, 0.1) is 5.69 Å². The molecule has 0 aliphatic carbocycles. The number of benzene rings is 2. The van der Waals surface area contributed by atoms with Gasteiger partial charge in [-0.2, -0.15) is 0 Å². The lowest BCUT2D eigenvalue weighted by atomic mass is 10.1. The van der Waals surface area contributed by atoms with Gasteiger partial charge >= 0.3 is 0 Å². The molecule has 0 radical (unpaired) electrons. The first-order chi connectivity index (χ1) is 11.1. The topological polar surface area (TPSA) is 32.3 Å². The van der Waals surface area contributed by atoms with Crippen molar-refractivity contribution in [3.05, 3.63) is 71.2 Å². The molecular weight excluding hydrogens is 311 g/mol. The fourth-order valence-corrected chi connectivity index (χ4v) is 2.67. The van der Waals surface area contributed by atoms with E-state index in [0.29, 0.717) is 11.4 Å². The van der Waals surface area contributed by atoms with E-state index in [1.807, 2.05) is 24.3 Å². The molecule has 1 saturated heterocycles. The van der Waals surface area contributed by atoms with Crippen LogP contribution in [0.2, 0.25) is 0 Å². The summed E-state index contributed by atoms with van der Waals surface area (Å²) in [5, 5.41) is 3.21. The SMILES string of the molecule is CCc1ccc(/C=C2/NC(=S)N(c3ccc(F)cc3)C2=O)cc1. The van der Waals surface area contributed by atoms with Crippen molar-refractivity contribution in [2.75, 3.05) is 4.90 Å². The highest BCUT2D eigenvalue weighted by atomic mass is 32.1. The first-order valence-corrected chi connectivity index (χ1v) is 7.71. The summed E-state index contributed by atoms with van der Waals surface area (Å²) in [6.45, 7) is 2.09. The normalized spacial score (nSPS) is 16.1. The van der Waals surface area contributed by atoms with Crippen LogP contribution in [0.25, 0.3) is 6.08 Å². The third kappa shape index (κ3) is 3.14. The Hall–Kier alpha value is -2.53. The number of carbonyl (C=O) groups excluding carboxylic acids is 1. The minimum Gasteiger partial charge on any atom is -0.327 e. The molecule has 1 amide bonds. The van der Waals surface area contributed by atoms with Crippen molar-refractivity contribution in [2.24, 2.45) is 0 Å². The van der Waals surface area contributed by atoms with Crippen LogP contribution in [-0.4, -0.2) is 11.0 Å². The highest BCUT2D eigenvalue weighted by Crippen LogP contribution is 2.22. The maximum atomic E-state index is 13.0.